The van der Waals surface area contributed by atoms with Gasteiger partial charge in [-0.2, -0.15) is 0 Å². The van der Waals surface area contributed by atoms with Crippen LogP contribution in [0.15, 0.2) is 84.9 Å². The Morgan fingerprint density at radius 3 is 2.16 bits per heavy atom. The van der Waals surface area contributed by atoms with Gasteiger partial charge < -0.3 is 10.6 Å². The van der Waals surface area contributed by atoms with Gasteiger partial charge in [0.25, 0.3) is 5.91 Å². The van der Waals surface area contributed by atoms with Crippen LogP contribution in [0.5, 0.6) is 0 Å². The van der Waals surface area contributed by atoms with Crippen molar-refractivity contribution in [3.63, 3.8) is 0 Å². The number of aryl methyl sites for hydroxylation is 1. The van der Waals surface area contributed by atoms with Crippen molar-refractivity contribution in [3.05, 3.63) is 102 Å². The highest BCUT2D eigenvalue weighted by Gasteiger charge is 2.52. The number of carbonyl (C=O) groups excluding carboxylic acids is 3. The number of rotatable bonds is 6. The third kappa shape index (κ3) is 4.19. The molecule has 4 rings (SSSR count). The van der Waals surface area contributed by atoms with Gasteiger partial charge in [0.05, 0.1) is 0 Å². The van der Waals surface area contributed by atoms with E-state index in [2.05, 4.69) is 10.6 Å². The Kier molecular flexibility index (Phi) is 5.54. The first-order valence-corrected chi connectivity index (χ1v) is 10.1. The first kappa shape index (κ1) is 20.3. The van der Waals surface area contributed by atoms with Gasteiger partial charge in [0, 0.05) is 12.1 Å². The summed E-state index contributed by atoms with van der Waals surface area (Å²) in [6, 6.07) is 25.4. The molecule has 156 valence electrons. The van der Waals surface area contributed by atoms with Crippen LogP contribution in [-0.4, -0.2) is 29.3 Å². The first-order chi connectivity index (χ1) is 15.0. The minimum absolute atomic E-state index is 0.290. The van der Waals surface area contributed by atoms with E-state index < -0.39 is 23.4 Å². The highest BCUT2D eigenvalue weighted by Crippen LogP contribution is 2.33. The Hall–Kier alpha value is -3.93. The Labute approximate surface area is 180 Å². The molecule has 31 heavy (non-hydrogen) atoms. The lowest BCUT2D eigenvalue weighted by Gasteiger charge is -2.27. The molecule has 1 heterocycles. The second-order valence-corrected chi connectivity index (χ2v) is 7.67. The van der Waals surface area contributed by atoms with Gasteiger partial charge in [-0.05, 0) is 30.2 Å². The van der Waals surface area contributed by atoms with Gasteiger partial charge in [-0.3, -0.25) is 14.5 Å². The molecular weight excluding hydrogens is 390 g/mol. The summed E-state index contributed by atoms with van der Waals surface area (Å²) in [6.07, 6.45) is 0.290. The molecule has 6 nitrogen and oxygen atoms in total. The monoisotopic (exact) mass is 413 g/mol. The lowest BCUT2D eigenvalue weighted by molar-refractivity contribution is -0.134. The number of urea groups is 1. The summed E-state index contributed by atoms with van der Waals surface area (Å²) in [7, 11) is 0. The second-order valence-electron chi connectivity index (χ2n) is 7.67. The van der Waals surface area contributed by atoms with Crippen molar-refractivity contribution in [1.82, 2.24) is 10.2 Å². The number of hydrogen-bond acceptors (Lipinski definition) is 3. The molecule has 0 spiro atoms. The number of anilines is 1. The lowest BCUT2D eigenvalue weighted by Crippen LogP contribution is -2.46. The van der Waals surface area contributed by atoms with Gasteiger partial charge in [0.2, 0.25) is 5.91 Å². The van der Waals surface area contributed by atoms with Crippen molar-refractivity contribution in [1.29, 1.82) is 0 Å². The average Bonchev–Trinajstić information content (AvgIpc) is 3.01. The Bertz CT molecular complexity index is 1100. The largest absolute Gasteiger partial charge is 0.325 e. The normalized spacial score (nSPS) is 18.0. The zero-order valence-corrected chi connectivity index (χ0v) is 17.2. The number of benzene rings is 3. The molecule has 1 fully saturated rings. The molecule has 1 saturated heterocycles. The van der Waals surface area contributed by atoms with Crippen LogP contribution in [0.25, 0.3) is 0 Å². The van der Waals surface area contributed by atoms with E-state index in [4.69, 9.17) is 0 Å². The fourth-order valence-electron chi connectivity index (χ4n) is 3.79. The molecule has 3 aromatic rings. The molecular formula is C25H23N3O3. The van der Waals surface area contributed by atoms with Crippen molar-refractivity contribution in [2.75, 3.05) is 11.9 Å². The van der Waals surface area contributed by atoms with E-state index in [1.165, 1.54) is 0 Å². The molecule has 0 bridgehead atoms. The van der Waals surface area contributed by atoms with E-state index in [9.17, 15) is 14.4 Å². The molecule has 2 N–H and O–H groups in total. The fraction of sp³-hybridized carbons (Fsp3) is 0.160. The Morgan fingerprint density at radius 1 is 0.903 bits per heavy atom. The van der Waals surface area contributed by atoms with Crippen LogP contribution < -0.4 is 10.6 Å². The SMILES string of the molecule is Cc1ccc(NC(=O)CN2C(=O)NC(Cc3ccccc3)(c3ccccc3)C2=O)cc1. The molecule has 0 aliphatic carbocycles. The summed E-state index contributed by atoms with van der Waals surface area (Å²) in [5, 5.41) is 5.61. The van der Waals surface area contributed by atoms with Gasteiger partial charge in [-0.1, -0.05) is 78.4 Å². The van der Waals surface area contributed by atoms with Crippen LogP contribution in [0, 0.1) is 6.92 Å². The maximum absolute atomic E-state index is 13.5. The van der Waals surface area contributed by atoms with Crippen molar-refractivity contribution < 1.29 is 14.4 Å². The predicted molar refractivity (Wildman–Crippen MR) is 118 cm³/mol. The van der Waals surface area contributed by atoms with E-state index >= 15 is 0 Å². The number of imide groups is 1. The molecule has 0 radical (unpaired) electrons. The number of hydrogen-bond donors (Lipinski definition) is 2. The highest BCUT2D eigenvalue weighted by molar-refractivity contribution is 6.10. The Balaban J connectivity index is 1.59. The van der Waals surface area contributed by atoms with E-state index in [0.29, 0.717) is 17.7 Å². The smallest absolute Gasteiger partial charge is 0.325 e. The van der Waals surface area contributed by atoms with Crippen molar-refractivity contribution in [2.24, 2.45) is 0 Å². The van der Waals surface area contributed by atoms with E-state index in [0.717, 1.165) is 16.0 Å². The molecule has 1 atom stereocenters. The number of amides is 4. The quantitative estimate of drug-likeness (QED) is 0.606. The molecule has 1 aliphatic heterocycles. The van der Waals surface area contributed by atoms with Crippen LogP contribution in [-0.2, 0) is 21.5 Å². The van der Waals surface area contributed by atoms with Gasteiger partial charge in [0.1, 0.15) is 6.54 Å². The summed E-state index contributed by atoms with van der Waals surface area (Å²) in [5.41, 5.74) is 2.01. The summed E-state index contributed by atoms with van der Waals surface area (Å²) >= 11 is 0. The van der Waals surface area contributed by atoms with E-state index in [-0.39, 0.29) is 6.54 Å². The zero-order chi connectivity index (χ0) is 21.8. The molecule has 3 aromatic carbocycles. The van der Waals surface area contributed by atoms with Crippen LogP contribution in [0.4, 0.5) is 10.5 Å². The lowest BCUT2D eigenvalue weighted by atomic mass is 9.83. The maximum Gasteiger partial charge on any atom is 0.325 e. The summed E-state index contributed by atoms with van der Waals surface area (Å²) < 4.78 is 0. The minimum atomic E-state index is -1.26. The van der Waals surface area contributed by atoms with Gasteiger partial charge in [0.15, 0.2) is 5.54 Å². The number of nitrogens with zero attached hydrogens (tertiary/aromatic N) is 1. The number of nitrogens with one attached hydrogen (secondary N) is 2. The molecule has 1 aliphatic rings. The molecule has 4 amide bonds. The predicted octanol–water partition coefficient (Wildman–Crippen LogP) is 3.62. The standard InChI is InChI=1S/C25H23N3O3/c1-18-12-14-21(15-13-18)26-22(29)17-28-23(30)25(27-24(28)31,20-10-6-3-7-11-20)16-19-8-4-2-5-9-19/h2-15H,16-17H2,1H3,(H,26,29)(H,27,31). The molecule has 6 heteroatoms. The molecule has 1 unspecified atom stereocenters. The second kappa shape index (κ2) is 8.44. The third-order valence-electron chi connectivity index (χ3n) is 5.39. The van der Waals surface area contributed by atoms with Crippen LogP contribution in [0.2, 0.25) is 0 Å². The highest BCUT2D eigenvalue weighted by atomic mass is 16.2. The van der Waals surface area contributed by atoms with Gasteiger partial charge in [-0.25, -0.2) is 4.79 Å². The van der Waals surface area contributed by atoms with Gasteiger partial charge >= 0.3 is 6.03 Å². The Morgan fingerprint density at radius 2 is 1.52 bits per heavy atom. The van der Waals surface area contributed by atoms with Crippen LogP contribution in [0.1, 0.15) is 16.7 Å². The average molecular weight is 413 g/mol. The number of carbonyl (C=O) groups is 3. The van der Waals surface area contributed by atoms with Crippen LogP contribution >= 0.6 is 0 Å². The zero-order valence-electron chi connectivity index (χ0n) is 17.2. The fourth-order valence-corrected chi connectivity index (χ4v) is 3.79. The summed E-state index contributed by atoms with van der Waals surface area (Å²) in [6.45, 7) is 1.59. The summed E-state index contributed by atoms with van der Waals surface area (Å²) in [5.74, 6) is -0.873. The maximum atomic E-state index is 13.5. The molecule has 0 aromatic heterocycles. The van der Waals surface area contributed by atoms with E-state index in [1.807, 2.05) is 79.7 Å². The van der Waals surface area contributed by atoms with Gasteiger partial charge in [-0.15, -0.1) is 0 Å². The van der Waals surface area contributed by atoms with Crippen molar-refractivity contribution >= 4 is 23.5 Å². The summed E-state index contributed by atoms with van der Waals surface area (Å²) in [4.78, 5) is 39.9. The van der Waals surface area contributed by atoms with E-state index in [1.54, 1.807) is 12.1 Å². The van der Waals surface area contributed by atoms with Crippen molar-refractivity contribution in [3.8, 4) is 0 Å². The van der Waals surface area contributed by atoms with Crippen molar-refractivity contribution in [2.45, 2.75) is 18.9 Å². The third-order valence-corrected chi connectivity index (χ3v) is 5.39. The first-order valence-electron chi connectivity index (χ1n) is 10.1. The van der Waals surface area contributed by atoms with Crippen LogP contribution in [0.3, 0.4) is 0 Å². The topological polar surface area (TPSA) is 78.5 Å². The molecule has 0 saturated carbocycles. The minimum Gasteiger partial charge on any atom is -0.325 e.